The number of ether oxygens (including phenoxy) is 1. The highest BCUT2D eigenvalue weighted by Gasteiger charge is 2.33. The topological polar surface area (TPSA) is 107 Å². The number of nitrogens with two attached hydrogens (primary N) is 1. The van der Waals surface area contributed by atoms with Crippen LogP contribution in [0.1, 0.15) is 27.7 Å². The molecule has 0 spiro atoms. The first kappa shape index (κ1) is 21.0. The SMILES string of the molecule is Nc1nc2cnc(C(=O)N3CCOC[C@@H]3c3ccc(C(F)(F)F)cc3)cc2c2cncnc12. The van der Waals surface area contributed by atoms with Crippen molar-refractivity contribution in [2.75, 3.05) is 25.5 Å². The molecule has 1 saturated heterocycles. The Bertz CT molecular complexity index is 1360. The van der Waals surface area contributed by atoms with Gasteiger partial charge in [-0.15, -0.1) is 0 Å². The number of aromatic nitrogens is 4. The number of hydrogen-bond donors (Lipinski definition) is 1. The number of fused-ring (bicyclic) bond motifs is 3. The third-order valence-electron chi connectivity index (χ3n) is 5.60. The molecule has 0 saturated carbocycles. The largest absolute Gasteiger partial charge is 0.416 e. The maximum atomic E-state index is 13.4. The van der Waals surface area contributed by atoms with E-state index in [1.54, 1.807) is 17.2 Å². The average molecular weight is 454 g/mol. The van der Waals surface area contributed by atoms with Crippen LogP contribution in [0.4, 0.5) is 19.0 Å². The molecule has 0 unspecified atom stereocenters. The lowest BCUT2D eigenvalue weighted by molar-refractivity contribution is -0.137. The van der Waals surface area contributed by atoms with Crippen LogP contribution in [-0.4, -0.2) is 50.5 Å². The van der Waals surface area contributed by atoms with Crippen molar-refractivity contribution in [2.45, 2.75) is 12.2 Å². The van der Waals surface area contributed by atoms with Crippen LogP contribution in [0.25, 0.3) is 21.8 Å². The molecule has 11 heteroatoms. The molecule has 4 aromatic rings. The number of nitrogens with zero attached hydrogens (tertiary/aromatic N) is 5. The van der Waals surface area contributed by atoms with Crippen LogP contribution < -0.4 is 5.73 Å². The molecule has 1 aromatic carbocycles. The number of morpholine rings is 1. The van der Waals surface area contributed by atoms with Crippen LogP contribution in [0.15, 0.2) is 49.1 Å². The number of hydrogen-bond acceptors (Lipinski definition) is 7. The molecular formula is C22H17F3N6O2. The van der Waals surface area contributed by atoms with Gasteiger partial charge in [0.05, 0.1) is 36.5 Å². The molecule has 33 heavy (non-hydrogen) atoms. The highest BCUT2D eigenvalue weighted by Crippen LogP contribution is 2.32. The van der Waals surface area contributed by atoms with Gasteiger partial charge in [-0.2, -0.15) is 13.2 Å². The number of amides is 1. The van der Waals surface area contributed by atoms with E-state index in [0.29, 0.717) is 34.0 Å². The minimum absolute atomic E-state index is 0.165. The van der Waals surface area contributed by atoms with E-state index in [2.05, 4.69) is 19.9 Å². The number of rotatable bonds is 2. The average Bonchev–Trinajstić information content (AvgIpc) is 2.83. The van der Waals surface area contributed by atoms with Crippen LogP contribution in [0, 0.1) is 0 Å². The van der Waals surface area contributed by atoms with Crippen molar-refractivity contribution in [3.8, 4) is 0 Å². The van der Waals surface area contributed by atoms with Gasteiger partial charge in [-0.1, -0.05) is 12.1 Å². The Morgan fingerprint density at radius 1 is 1.12 bits per heavy atom. The normalized spacial score (nSPS) is 16.9. The van der Waals surface area contributed by atoms with Gasteiger partial charge in [0, 0.05) is 23.5 Å². The van der Waals surface area contributed by atoms with Crippen LogP contribution in [0.5, 0.6) is 0 Å². The summed E-state index contributed by atoms with van der Waals surface area (Å²) in [5, 5.41) is 1.26. The predicted octanol–water partition coefficient (Wildman–Crippen LogP) is 3.39. The van der Waals surface area contributed by atoms with E-state index in [1.807, 2.05) is 0 Å². The van der Waals surface area contributed by atoms with Crippen LogP contribution in [0.3, 0.4) is 0 Å². The van der Waals surface area contributed by atoms with Gasteiger partial charge in [-0.3, -0.25) is 4.79 Å². The molecule has 0 radical (unpaired) electrons. The second-order valence-corrected chi connectivity index (χ2v) is 7.58. The van der Waals surface area contributed by atoms with Crippen molar-refractivity contribution in [2.24, 2.45) is 0 Å². The molecule has 2 N–H and O–H groups in total. The quantitative estimate of drug-likeness (QED) is 0.463. The van der Waals surface area contributed by atoms with Gasteiger partial charge < -0.3 is 15.4 Å². The van der Waals surface area contributed by atoms with E-state index in [-0.39, 0.29) is 30.6 Å². The third kappa shape index (κ3) is 3.80. The number of pyridine rings is 2. The minimum Gasteiger partial charge on any atom is -0.382 e. The Morgan fingerprint density at radius 3 is 2.67 bits per heavy atom. The molecule has 1 amide bonds. The molecule has 3 aromatic heterocycles. The summed E-state index contributed by atoms with van der Waals surface area (Å²) in [6.07, 6.45) is -0.0203. The third-order valence-corrected chi connectivity index (χ3v) is 5.60. The van der Waals surface area contributed by atoms with Gasteiger partial charge in [0.1, 0.15) is 17.5 Å². The minimum atomic E-state index is -4.43. The Balaban J connectivity index is 1.52. The monoisotopic (exact) mass is 454 g/mol. The summed E-state index contributed by atoms with van der Waals surface area (Å²) in [5.74, 6) is -0.136. The molecule has 0 aliphatic carbocycles. The van der Waals surface area contributed by atoms with Crippen molar-refractivity contribution in [1.82, 2.24) is 24.8 Å². The predicted molar refractivity (Wildman–Crippen MR) is 113 cm³/mol. The Labute approximate surface area is 185 Å². The summed E-state index contributed by atoms with van der Waals surface area (Å²) in [7, 11) is 0. The fourth-order valence-corrected chi connectivity index (χ4v) is 3.95. The summed E-state index contributed by atoms with van der Waals surface area (Å²) in [5.41, 5.74) is 6.89. The van der Waals surface area contributed by atoms with Gasteiger partial charge >= 0.3 is 6.18 Å². The zero-order chi connectivity index (χ0) is 23.2. The van der Waals surface area contributed by atoms with Gasteiger partial charge in [0.15, 0.2) is 5.82 Å². The molecular weight excluding hydrogens is 437 g/mol. The van der Waals surface area contributed by atoms with Crippen LogP contribution in [-0.2, 0) is 10.9 Å². The number of benzene rings is 1. The number of alkyl halides is 3. The molecule has 8 nitrogen and oxygen atoms in total. The van der Waals surface area contributed by atoms with E-state index in [0.717, 1.165) is 12.1 Å². The lowest BCUT2D eigenvalue weighted by Crippen LogP contribution is -2.43. The smallest absolute Gasteiger partial charge is 0.382 e. The first-order valence-electron chi connectivity index (χ1n) is 10.0. The molecule has 1 atom stereocenters. The van der Waals surface area contributed by atoms with E-state index >= 15 is 0 Å². The van der Waals surface area contributed by atoms with Gasteiger partial charge in [-0.25, -0.2) is 19.9 Å². The number of anilines is 1. The zero-order valence-electron chi connectivity index (χ0n) is 17.1. The number of carbonyl (C=O) groups is 1. The first-order valence-corrected chi connectivity index (χ1v) is 10.0. The highest BCUT2D eigenvalue weighted by molar-refractivity contribution is 6.09. The van der Waals surface area contributed by atoms with E-state index in [4.69, 9.17) is 10.5 Å². The molecule has 1 fully saturated rings. The van der Waals surface area contributed by atoms with Gasteiger partial charge in [0.25, 0.3) is 5.91 Å². The van der Waals surface area contributed by atoms with Crippen molar-refractivity contribution in [3.63, 3.8) is 0 Å². The Hall–Kier alpha value is -3.86. The van der Waals surface area contributed by atoms with Crippen molar-refractivity contribution in [1.29, 1.82) is 0 Å². The lowest BCUT2D eigenvalue weighted by atomic mass is 10.0. The number of halogens is 3. The van der Waals surface area contributed by atoms with Crippen molar-refractivity contribution in [3.05, 3.63) is 65.9 Å². The second-order valence-electron chi connectivity index (χ2n) is 7.58. The molecule has 0 bridgehead atoms. The van der Waals surface area contributed by atoms with Crippen LogP contribution in [0.2, 0.25) is 0 Å². The summed E-state index contributed by atoms with van der Waals surface area (Å²) < 4.78 is 44.3. The summed E-state index contributed by atoms with van der Waals surface area (Å²) >= 11 is 0. The molecule has 1 aliphatic heterocycles. The molecule has 4 heterocycles. The van der Waals surface area contributed by atoms with Gasteiger partial charge in [0.2, 0.25) is 0 Å². The number of nitrogen functional groups attached to an aromatic ring is 1. The van der Waals surface area contributed by atoms with E-state index in [9.17, 15) is 18.0 Å². The standard InChI is InChI=1S/C22H17F3N6O2/c23-22(24,25)13-3-1-12(2-4-13)18-10-33-6-5-31(18)21(32)16-7-14-15-8-27-11-29-19(15)20(26)30-17(14)9-28-16/h1-4,7-9,11,18H,5-6,10H2,(H2,26,30)/t18-/m1/s1. The van der Waals surface area contributed by atoms with Crippen LogP contribution >= 0.6 is 0 Å². The fourth-order valence-electron chi connectivity index (χ4n) is 3.95. The summed E-state index contributed by atoms with van der Waals surface area (Å²) in [6.45, 7) is 0.749. The zero-order valence-corrected chi connectivity index (χ0v) is 17.1. The Kier molecular flexibility index (Phi) is 5.05. The van der Waals surface area contributed by atoms with Gasteiger partial charge in [-0.05, 0) is 23.8 Å². The molecule has 1 aliphatic rings. The Morgan fingerprint density at radius 2 is 1.91 bits per heavy atom. The van der Waals surface area contributed by atoms with E-state index < -0.39 is 17.8 Å². The molecule has 168 valence electrons. The highest BCUT2D eigenvalue weighted by atomic mass is 19.4. The van der Waals surface area contributed by atoms with E-state index in [1.165, 1.54) is 24.7 Å². The summed E-state index contributed by atoms with van der Waals surface area (Å²) in [6, 6.07) is 5.80. The summed E-state index contributed by atoms with van der Waals surface area (Å²) in [4.78, 5) is 31.7. The van der Waals surface area contributed by atoms with Crippen molar-refractivity contribution < 1.29 is 22.7 Å². The fraction of sp³-hybridized carbons (Fsp3) is 0.227. The first-order chi connectivity index (χ1) is 15.8. The second kappa shape index (κ2) is 7.93. The maximum absolute atomic E-state index is 13.4. The molecule has 5 rings (SSSR count). The number of carbonyl (C=O) groups excluding carboxylic acids is 1. The maximum Gasteiger partial charge on any atom is 0.416 e. The lowest BCUT2D eigenvalue weighted by Gasteiger charge is -2.35. The van der Waals surface area contributed by atoms with Crippen molar-refractivity contribution >= 4 is 33.5 Å².